The minimum absolute atomic E-state index is 0.0775. The van der Waals surface area contributed by atoms with Gasteiger partial charge in [0.1, 0.15) is 17.4 Å². The first kappa shape index (κ1) is 21.4. The molecule has 0 spiro atoms. The number of amides is 1. The average molecular weight is 441 g/mol. The normalized spacial score (nSPS) is 11.4. The van der Waals surface area contributed by atoms with Gasteiger partial charge in [-0.05, 0) is 25.1 Å². The lowest BCUT2D eigenvalue weighted by Crippen LogP contribution is -2.24. The van der Waals surface area contributed by atoms with Gasteiger partial charge in [0.05, 0.1) is 23.7 Å². The lowest BCUT2D eigenvalue weighted by Gasteiger charge is -2.14. The van der Waals surface area contributed by atoms with E-state index in [1.54, 1.807) is 49.4 Å². The Morgan fingerprint density at radius 3 is 2.70 bits per heavy atom. The van der Waals surface area contributed by atoms with E-state index in [1.165, 1.54) is 7.11 Å². The summed E-state index contributed by atoms with van der Waals surface area (Å²) >= 11 is 7.07. The monoisotopic (exact) mass is 440 g/mol. The van der Waals surface area contributed by atoms with Crippen LogP contribution in [0.25, 0.3) is 11.3 Å². The quantitative estimate of drug-likeness (QED) is 0.441. The fourth-order valence-corrected chi connectivity index (χ4v) is 3.62. The smallest absolute Gasteiger partial charge is 0.270 e. The zero-order valence-corrected chi connectivity index (χ0v) is 17.7. The summed E-state index contributed by atoms with van der Waals surface area (Å²) in [4.78, 5) is 32.0. The molecule has 1 heterocycles. The van der Waals surface area contributed by atoms with Crippen molar-refractivity contribution in [2.24, 2.45) is 0 Å². The highest BCUT2D eigenvalue weighted by atomic mass is 35.5. The van der Waals surface area contributed by atoms with Gasteiger partial charge in [-0.1, -0.05) is 53.7 Å². The maximum Gasteiger partial charge on any atom is 0.270 e. The van der Waals surface area contributed by atoms with Crippen LogP contribution < -0.4 is 15.6 Å². The van der Waals surface area contributed by atoms with Crippen LogP contribution in [-0.4, -0.2) is 28.2 Å². The first-order valence-corrected chi connectivity index (χ1v) is 10.1. The number of carbonyl (C=O) groups is 1. The molecular formula is C21H17ClN4O3S. The highest BCUT2D eigenvalue weighted by Gasteiger charge is 2.20. The molecule has 0 saturated heterocycles. The van der Waals surface area contributed by atoms with Crippen molar-refractivity contribution in [3.05, 3.63) is 69.5 Å². The molecular weight excluding hydrogens is 424 g/mol. The van der Waals surface area contributed by atoms with Gasteiger partial charge in [0.25, 0.3) is 5.56 Å². The molecule has 0 fully saturated rings. The average Bonchev–Trinajstić information content (AvgIpc) is 2.74. The van der Waals surface area contributed by atoms with Crippen molar-refractivity contribution in [1.82, 2.24) is 9.97 Å². The van der Waals surface area contributed by atoms with Crippen LogP contribution in [0.3, 0.4) is 0 Å². The third kappa shape index (κ3) is 4.82. The minimum atomic E-state index is -0.603. The number of ether oxygens (including phenoxy) is 1. The summed E-state index contributed by atoms with van der Waals surface area (Å²) < 4.78 is 5.23. The highest BCUT2D eigenvalue weighted by molar-refractivity contribution is 8.00. The first-order valence-electron chi connectivity index (χ1n) is 8.83. The van der Waals surface area contributed by atoms with E-state index in [0.717, 1.165) is 11.8 Å². The molecule has 30 heavy (non-hydrogen) atoms. The van der Waals surface area contributed by atoms with Gasteiger partial charge in [0.2, 0.25) is 5.91 Å². The SMILES string of the molecule is COc1ccc(Cl)cc1NC(=O)C(C)Sc1nc(-c2ccccc2)c(C#N)c(=O)[nH]1. The van der Waals surface area contributed by atoms with Crippen LogP contribution in [0.4, 0.5) is 5.69 Å². The Morgan fingerprint density at radius 1 is 1.30 bits per heavy atom. The molecule has 1 amide bonds. The van der Waals surface area contributed by atoms with E-state index in [0.29, 0.717) is 22.0 Å². The van der Waals surface area contributed by atoms with Crippen LogP contribution in [0.15, 0.2) is 58.5 Å². The third-order valence-corrected chi connectivity index (χ3v) is 5.35. The van der Waals surface area contributed by atoms with Crippen molar-refractivity contribution in [2.75, 3.05) is 12.4 Å². The number of H-pyrrole nitrogens is 1. The van der Waals surface area contributed by atoms with Crippen molar-refractivity contribution < 1.29 is 9.53 Å². The van der Waals surface area contributed by atoms with Gasteiger partial charge >= 0.3 is 0 Å². The molecule has 152 valence electrons. The lowest BCUT2D eigenvalue weighted by atomic mass is 10.1. The first-order chi connectivity index (χ1) is 14.4. The second kappa shape index (κ2) is 9.48. The Morgan fingerprint density at radius 2 is 2.03 bits per heavy atom. The number of rotatable bonds is 6. The molecule has 1 atom stereocenters. The number of halogens is 1. The van der Waals surface area contributed by atoms with Crippen molar-refractivity contribution >= 4 is 35.0 Å². The molecule has 0 bridgehead atoms. The molecule has 3 rings (SSSR count). The van der Waals surface area contributed by atoms with E-state index in [-0.39, 0.29) is 22.3 Å². The van der Waals surface area contributed by atoms with Crippen LogP contribution in [0, 0.1) is 11.3 Å². The topological polar surface area (TPSA) is 108 Å². The Labute approximate surface area is 182 Å². The van der Waals surface area contributed by atoms with Crippen LogP contribution in [-0.2, 0) is 4.79 Å². The number of aromatic nitrogens is 2. The number of nitrogens with zero attached hydrogens (tertiary/aromatic N) is 2. The maximum atomic E-state index is 12.7. The molecule has 1 unspecified atom stereocenters. The number of nitrogens with one attached hydrogen (secondary N) is 2. The summed E-state index contributed by atoms with van der Waals surface area (Å²) in [6.07, 6.45) is 0. The Balaban J connectivity index is 1.85. The van der Waals surface area contributed by atoms with Gasteiger partial charge in [-0.15, -0.1) is 0 Å². The molecule has 0 saturated carbocycles. The molecule has 3 aromatic rings. The zero-order chi connectivity index (χ0) is 21.7. The van der Waals surface area contributed by atoms with Gasteiger partial charge in [0, 0.05) is 10.6 Å². The number of benzene rings is 2. The number of hydrogen-bond donors (Lipinski definition) is 2. The van der Waals surface area contributed by atoms with Gasteiger partial charge < -0.3 is 15.0 Å². The number of hydrogen-bond acceptors (Lipinski definition) is 6. The fourth-order valence-electron chi connectivity index (χ4n) is 2.65. The van der Waals surface area contributed by atoms with Crippen LogP contribution in [0.2, 0.25) is 5.02 Å². The number of nitriles is 1. The maximum absolute atomic E-state index is 12.7. The van der Waals surface area contributed by atoms with Gasteiger partial charge in [-0.2, -0.15) is 5.26 Å². The second-order valence-electron chi connectivity index (χ2n) is 6.17. The van der Waals surface area contributed by atoms with E-state index in [4.69, 9.17) is 16.3 Å². The Kier molecular flexibility index (Phi) is 6.77. The van der Waals surface area contributed by atoms with Crippen LogP contribution in [0.5, 0.6) is 5.75 Å². The Bertz CT molecular complexity index is 1180. The summed E-state index contributed by atoms with van der Waals surface area (Å²) in [5.41, 5.74) is 0.717. The summed E-state index contributed by atoms with van der Waals surface area (Å²) in [6, 6.07) is 15.7. The summed E-state index contributed by atoms with van der Waals surface area (Å²) in [7, 11) is 1.49. The molecule has 0 aliphatic rings. The second-order valence-corrected chi connectivity index (χ2v) is 7.93. The molecule has 2 N–H and O–H groups in total. The van der Waals surface area contributed by atoms with Gasteiger partial charge in [-0.3, -0.25) is 9.59 Å². The summed E-state index contributed by atoms with van der Waals surface area (Å²) in [5.74, 6) is 0.148. The number of carbonyl (C=O) groups excluding carboxylic acids is 1. The van der Waals surface area contributed by atoms with Crippen molar-refractivity contribution in [2.45, 2.75) is 17.3 Å². The minimum Gasteiger partial charge on any atom is -0.495 e. The summed E-state index contributed by atoms with van der Waals surface area (Å²) in [5, 5.41) is 12.2. The Hall–Kier alpha value is -3.28. The largest absolute Gasteiger partial charge is 0.495 e. The predicted molar refractivity (Wildman–Crippen MR) is 117 cm³/mol. The van der Waals surface area contributed by atoms with Crippen LogP contribution >= 0.6 is 23.4 Å². The third-order valence-electron chi connectivity index (χ3n) is 4.13. The number of methoxy groups -OCH3 is 1. The predicted octanol–water partition coefficient (Wildman–Crippen LogP) is 4.09. The number of thioether (sulfide) groups is 1. The van der Waals surface area contributed by atoms with E-state index in [2.05, 4.69) is 15.3 Å². The molecule has 1 aromatic heterocycles. The fraction of sp³-hybridized carbons (Fsp3) is 0.143. The molecule has 0 aliphatic heterocycles. The van der Waals surface area contributed by atoms with Crippen molar-refractivity contribution in [3.63, 3.8) is 0 Å². The molecule has 2 aromatic carbocycles. The molecule has 0 radical (unpaired) electrons. The van der Waals surface area contributed by atoms with Gasteiger partial charge in [-0.25, -0.2) is 4.98 Å². The number of aromatic amines is 1. The van der Waals surface area contributed by atoms with Gasteiger partial charge in [0.15, 0.2) is 5.16 Å². The molecule has 7 nitrogen and oxygen atoms in total. The standard InChI is InChI=1S/C21H17ClN4O3S/c1-12(19(27)24-16-10-14(22)8-9-17(16)29-2)30-21-25-18(13-6-4-3-5-7-13)15(11-23)20(28)26-21/h3-10,12H,1-2H3,(H,24,27)(H,25,26,28). The highest BCUT2D eigenvalue weighted by Crippen LogP contribution is 2.29. The van der Waals surface area contributed by atoms with E-state index >= 15 is 0 Å². The lowest BCUT2D eigenvalue weighted by molar-refractivity contribution is -0.115. The van der Waals surface area contributed by atoms with E-state index in [9.17, 15) is 14.9 Å². The van der Waals surface area contributed by atoms with E-state index < -0.39 is 10.8 Å². The van der Waals surface area contributed by atoms with Crippen molar-refractivity contribution in [1.29, 1.82) is 5.26 Å². The van der Waals surface area contributed by atoms with Crippen LogP contribution in [0.1, 0.15) is 12.5 Å². The molecule has 9 heteroatoms. The summed E-state index contributed by atoms with van der Waals surface area (Å²) in [6.45, 7) is 1.68. The zero-order valence-electron chi connectivity index (χ0n) is 16.1. The molecule has 0 aliphatic carbocycles. The van der Waals surface area contributed by atoms with Crippen molar-refractivity contribution in [3.8, 4) is 23.1 Å². The number of anilines is 1. The van der Waals surface area contributed by atoms with E-state index in [1.807, 2.05) is 12.1 Å².